The summed E-state index contributed by atoms with van der Waals surface area (Å²) < 4.78 is 6.49. The maximum atomic E-state index is 11.1. The molecule has 4 N–H and O–H groups in total. The van der Waals surface area contributed by atoms with E-state index in [1.165, 1.54) is 5.69 Å². The molecule has 1 aliphatic heterocycles. The van der Waals surface area contributed by atoms with Crippen LogP contribution in [-0.4, -0.2) is 37.5 Å². The number of carbonyl (C=O) groups excluding carboxylic acids is 1. The first-order valence-corrected chi connectivity index (χ1v) is 9.79. The van der Waals surface area contributed by atoms with Gasteiger partial charge in [-0.25, -0.2) is 4.99 Å². The van der Waals surface area contributed by atoms with Crippen LogP contribution in [0, 0.1) is 0 Å². The smallest absolute Gasteiger partial charge is 0.284 e. The van der Waals surface area contributed by atoms with Gasteiger partial charge in [-0.2, -0.15) is 0 Å². The third-order valence-electron chi connectivity index (χ3n) is 4.36. The number of hydrogen-bond donors (Lipinski definition) is 3. The Morgan fingerprint density at radius 1 is 1.37 bits per heavy atom. The summed E-state index contributed by atoms with van der Waals surface area (Å²) in [5.74, 6) is 0.905. The molecule has 1 aromatic carbocycles. The van der Waals surface area contributed by atoms with E-state index in [0.717, 1.165) is 36.5 Å². The van der Waals surface area contributed by atoms with Crippen molar-refractivity contribution in [2.45, 2.75) is 25.9 Å². The van der Waals surface area contributed by atoms with E-state index in [9.17, 15) is 4.79 Å². The average molecular weight is 434 g/mol. The zero-order valence-corrected chi connectivity index (χ0v) is 16.8. The van der Waals surface area contributed by atoms with E-state index in [2.05, 4.69) is 54.7 Å². The van der Waals surface area contributed by atoms with E-state index in [0.29, 0.717) is 18.3 Å². The zero-order valence-electron chi connectivity index (χ0n) is 15.2. The Morgan fingerprint density at radius 2 is 2.19 bits per heavy atom. The molecule has 1 fully saturated rings. The number of nitrogens with one attached hydrogen (secondary N) is 2. The predicted molar refractivity (Wildman–Crippen MR) is 110 cm³/mol. The number of aliphatic imine (C=N–C) groups is 1. The molecule has 1 aromatic heterocycles. The minimum absolute atomic E-state index is 0.151. The first kappa shape index (κ1) is 19.3. The second-order valence-electron chi connectivity index (χ2n) is 6.35. The largest absolute Gasteiger partial charge is 0.454 e. The quantitative estimate of drug-likeness (QED) is 0.480. The topological polar surface area (TPSA) is 95.9 Å². The summed E-state index contributed by atoms with van der Waals surface area (Å²) in [7, 11) is 0. The molecule has 8 heteroatoms. The van der Waals surface area contributed by atoms with Gasteiger partial charge in [0.15, 0.2) is 11.7 Å². The highest BCUT2D eigenvalue weighted by molar-refractivity contribution is 9.10. The molecule has 1 unspecified atom stereocenters. The molecular weight excluding hydrogens is 410 g/mol. The van der Waals surface area contributed by atoms with Crippen molar-refractivity contribution in [1.29, 1.82) is 0 Å². The molecule has 0 spiro atoms. The maximum Gasteiger partial charge on any atom is 0.284 e. The number of halogens is 1. The normalized spacial score (nSPS) is 17.2. The number of benzene rings is 1. The second kappa shape index (κ2) is 8.94. The Hall–Kier alpha value is -2.48. The van der Waals surface area contributed by atoms with Crippen molar-refractivity contribution in [1.82, 2.24) is 10.6 Å². The third kappa shape index (κ3) is 5.03. The van der Waals surface area contributed by atoms with Gasteiger partial charge in [-0.1, -0.05) is 12.1 Å². The monoisotopic (exact) mass is 433 g/mol. The Balaban J connectivity index is 1.60. The van der Waals surface area contributed by atoms with Crippen molar-refractivity contribution >= 4 is 33.5 Å². The number of hydrogen-bond acceptors (Lipinski definition) is 4. The van der Waals surface area contributed by atoms with Gasteiger partial charge in [-0.15, -0.1) is 0 Å². The van der Waals surface area contributed by atoms with E-state index in [1.807, 2.05) is 13.0 Å². The van der Waals surface area contributed by atoms with Crippen LogP contribution in [0.3, 0.4) is 0 Å². The van der Waals surface area contributed by atoms with Gasteiger partial charge in [0.2, 0.25) is 0 Å². The van der Waals surface area contributed by atoms with Gasteiger partial charge < -0.3 is 25.7 Å². The van der Waals surface area contributed by atoms with Crippen LogP contribution in [0.15, 0.2) is 50.3 Å². The van der Waals surface area contributed by atoms with E-state index < -0.39 is 5.91 Å². The van der Waals surface area contributed by atoms with E-state index in [4.69, 9.17) is 10.2 Å². The van der Waals surface area contributed by atoms with Crippen molar-refractivity contribution < 1.29 is 9.21 Å². The minimum Gasteiger partial charge on any atom is -0.454 e. The van der Waals surface area contributed by atoms with Crippen LogP contribution in [0.5, 0.6) is 0 Å². The van der Waals surface area contributed by atoms with E-state index >= 15 is 0 Å². The van der Waals surface area contributed by atoms with Crippen molar-refractivity contribution in [3.63, 3.8) is 0 Å². The molecule has 0 aliphatic carbocycles. The fourth-order valence-electron chi connectivity index (χ4n) is 3.07. The molecule has 7 nitrogen and oxygen atoms in total. The molecule has 1 aliphatic rings. The number of nitrogens with two attached hydrogens (primary N) is 1. The minimum atomic E-state index is -0.576. The van der Waals surface area contributed by atoms with Crippen molar-refractivity contribution in [3.05, 3.63) is 52.4 Å². The fourth-order valence-corrected chi connectivity index (χ4v) is 3.61. The lowest BCUT2D eigenvalue weighted by atomic mass is 10.3. The molecule has 2 heterocycles. The van der Waals surface area contributed by atoms with Gasteiger partial charge >= 0.3 is 0 Å². The highest BCUT2D eigenvalue weighted by atomic mass is 79.9. The Bertz CT molecular complexity index is 820. The fraction of sp³-hybridized carbons (Fsp3) is 0.368. The van der Waals surface area contributed by atoms with Crippen LogP contribution in [0.4, 0.5) is 5.69 Å². The summed E-state index contributed by atoms with van der Waals surface area (Å²) in [5.41, 5.74) is 6.42. The number of rotatable bonds is 6. The van der Waals surface area contributed by atoms with Crippen LogP contribution in [0.25, 0.3) is 0 Å². The number of para-hydroxylation sites is 1. The summed E-state index contributed by atoms with van der Waals surface area (Å²) in [6, 6.07) is 11.8. The van der Waals surface area contributed by atoms with Gasteiger partial charge in [-0.05, 0) is 53.5 Å². The van der Waals surface area contributed by atoms with Crippen LogP contribution in [-0.2, 0) is 6.54 Å². The molecular formula is C19H24BrN5O2. The Labute approximate surface area is 167 Å². The summed E-state index contributed by atoms with van der Waals surface area (Å²) in [5, 5.41) is 6.74. The number of guanidine groups is 1. The van der Waals surface area contributed by atoms with Crippen molar-refractivity contribution in [2.75, 3.05) is 24.5 Å². The molecule has 1 amide bonds. The summed E-state index contributed by atoms with van der Waals surface area (Å²) in [4.78, 5) is 18.0. The lowest BCUT2D eigenvalue weighted by Crippen LogP contribution is -2.44. The molecule has 2 aromatic rings. The molecule has 1 saturated heterocycles. The van der Waals surface area contributed by atoms with Crippen LogP contribution >= 0.6 is 15.9 Å². The molecule has 0 radical (unpaired) electrons. The van der Waals surface area contributed by atoms with E-state index in [1.54, 1.807) is 12.1 Å². The van der Waals surface area contributed by atoms with Gasteiger partial charge in [0.1, 0.15) is 12.3 Å². The first-order valence-electron chi connectivity index (χ1n) is 8.99. The van der Waals surface area contributed by atoms with Crippen molar-refractivity contribution in [3.8, 4) is 0 Å². The summed E-state index contributed by atoms with van der Waals surface area (Å²) in [6.07, 6.45) is 1.03. The summed E-state index contributed by atoms with van der Waals surface area (Å²) >= 11 is 3.62. The van der Waals surface area contributed by atoms with Gasteiger partial charge in [0, 0.05) is 30.1 Å². The SMILES string of the molecule is CCNC(=NCc1ccc(C(N)=O)o1)NC1CCN(c2ccccc2Br)C1. The number of anilines is 1. The molecule has 1 atom stereocenters. The first-order chi connectivity index (χ1) is 13.1. The van der Waals surface area contributed by atoms with Gasteiger partial charge in [-0.3, -0.25) is 4.79 Å². The standard InChI is InChI=1S/C19H24BrN5O2/c1-2-22-19(23-11-14-7-8-17(27-14)18(21)26)24-13-9-10-25(12-13)16-6-4-3-5-15(16)20/h3-8,13H,2,9-12H2,1H3,(H2,21,26)(H2,22,23,24). The predicted octanol–water partition coefficient (Wildman–Crippen LogP) is 2.48. The van der Waals surface area contributed by atoms with Crippen LogP contribution in [0.2, 0.25) is 0 Å². The molecule has 27 heavy (non-hydrogen) atoms. The molecule has 0 bridgehead atoms. The number of amides is 1. The maximum absolute atomic E-state index is 11.1. The lowest BCUT2D eigenvalue weighted by molar-refractivity contribution is 0.0972. The number of furan rings is 1. The average Bonchev–Trinajstić information content (AvgIpc) is 3.30. The van der Waals surface area contributed by atoms with Crippen LogP contribution in [0.1, 0.15) is 29.7 Å². The highest BCUT2D eigenvalue weighted by Gasteiger charge is 2.24. The van der Waals surface area contributed by atoms with Crippen molar-refractivity contribution in [2.24, 2.45) is 10.7 Å². The Morgan fingerprint density at radius 3 is 2.89 bits per heavy atom. The summed E-state index contributed by atoms with van der Waals surface area (Å²) in [6.45, 7) is 5.01. The van der Waals surface area contributed by atoms with Gasteiger partial charge in [0.05, 0.1) is 5.69 Å². The molecule has 3 rings (SSSR count). The van der Waals surface area contributed by atoms with E-state index in [-0.39, 0.29) is 5.76 Å². The number of nitrogens with zero attached hydrogens (tertiary/aromatic N) is 2. The second-order valence-corrected chi connectivity index (χ2v) is 7.21. The molecule has 144 valence electrons. The zero-order chi connectivity index (χ0) is 19.2. The Kier molecular flexibility index (Phi) is 6.39. The van der Waals surface area contributed by atoms with Gasteiger partial charge in [0.25, 0.3) is 5.91 Å². The number of primary amides is 1. The third-order valence-corrected chi connectivity index (χ3v) is 5.03. The molecule has 0 saturated carbocycles. The highest BCUT2D eigenvalue weighted by Crippen LogP contribution is 2.28. The lowest BCUT2D eigenvalue weighted by Gasteiger charge is -2.21. The number of carbonyl (C=O) groups is 1. The van der Waals surface area contributed by atoms with Crippen LogP contribution < -0.4 is 21.3 Å².